The van der Waals surface area contributed by atoms with Crippen molar-refractivity contribution in [3.8, 4) is 0 Å². The summed E-state index contributed by atoms with van der Waals surface area (Å²) in [5.74, 6) is -0.886. The number of carboxylic acid groups (broad SMARTS) is 1. The summed E-state index contributed by atoms with van der Waals surface area (Å²) in [5.41, 5.74) is 0. The molecule has 1 heterocycles. The lowest BCUT2D eigenvalue weighted by Crippen LogP contribution is -2.38. The molecule has 114 valence electrons. The van der Waals surface area contributed by atoms with Gasteiger partial charge < -0.3 is 9.52 Å². The fraction of sp³-hybridized carbons (Fsp3) is 0.583. The largest absolute Gasteiger partial charge is 0.475 e. The first kappa shape index (κ1) is 17.1. The van der Waals surface area contributed by atoms with Gasteiger partial charge in [-0.25, -0.2) is 13.2 Å². The lowest BCUT2D eigenvalue weighted by atomic mass is 10.3. The summed E-state index contributed by atoms with van der Waals surface area (Å²) >= 11 is 1.56. The van der Waals surface area contributed by atoms with E-state index in [0.717, 1.165) is 6.07 Å². The van der Waals surface area contributed by atoms with Gasteiger partial charge in [-0.2, -0.15) is 16.1 Å². The third kappa shape index (κ3) is 3.36. The van der Waals surface area contributed by atoms with Crippen LogP contribution in [-0.4, -0.2) is 48.9 Å². The number of aryl methyl sites for hydroxylation is 1. The van der Waals surface area contributed by atoms with Gasteiger partial charge in [0.25, 0.3) is 0 Å². The zero-order valence-electron chi connectivity index (χ0n) is 11.9. The molecule has 0 aliphatic rings. The zero-order valence-corrected chi connectivity index (χ0v) is 13.5. The van der Waals surface area contributed by atoms with Crippen LogP contribution in [0.5, 0.6) is 0 Å². The van der Waals surface area contributed by atoms with E-state index in [0.29, 0.717) is 12.2 Å². The maximum Gasteiger partial charge on any atom is 0.371 e. The van der Waals surface area contributed by atoms with Crippen LogP contribution >= 0.6 is 11.8 Å². The van der Waals surface area contributed by atoms with Gasteiger partial charge in [0.05, 0.1) is 0 Å². The van der Waals surface area contributed by atoms with E-state index in [4.69, 9.17) is 9.52 Å². The van der Waals surface area contributed by atoms with Crippen molar-refractivity contribution in [2.75, 3.05) is 19.1 Å². The zero-order chi connectivity index (χ0) is 15.5. The average molecular weight is 321 g/mol. The van der Waals surface area contributed by atoms with Crippen molar-refractivity contribution in [2.45, 2.75) is 31.2 Å². The summed E-state index contributed by atoms with van der Waals surface area (Å²) in [6.07, 6.45) is 2.59. The Bertz CT molecular complexity index is 579. The van der Waals surface area contributed by atoms with E-state index in [2.05, 4.69) is 0 Å². The molecule has 6 nitrogen and oxygen atoms in total. The van der Waals surface area contributed by atoms with Crippen molar-refractivity contribution in [2.24, 2.45) is 0 Å². The summed E-state index contributed by atoms with van der Waals surface area (Å²) in [6, 6.07) is 0.924. The van der Waals surface area contributed by atoms with Crippen LogP contribution in [0.1, 0.15) is 29.7 Å². The van der Waals surface area contributed by atoms with Gasteiger partial charge in [0.2, 0.25) is 15.8 Å². The van der Waals surface area contributed by atoms with E-state index < -0.39 is 16.0 Å². The normalized spacial score (nSPS) is 13.7. The molecule has 1 unspecified atom stereocenters. The molecule has 1 aromatic heterocycles. The van der Waals surface area contributed by atoms with Crippen molar-refractivity contribution >= 4 is 27.8 Å². The number of nitrogens with zero attached hydrogens (tertiary/aromatic N) is 1. The van der Waals surface area contributed by atoms with Crippen LogP contribution in [-0.2, 0) is 10.0 Å². The highest BCUT2D eigenvalue weighted by Gasteiger charge is 2.31. The standard InChI is InChI=1S/C12H19NO5S2/c1-5-9(7-19-4)13(3)20(16,17)11-6-10(12(14)15)18-8(11)2/h6,9H,5,7H2,1-4H3,(H,14,15). The van der Waals surface area contributed by atoms with Crippen LogP contribution < -0.4 is 0 Å². The first-order valence-corrected chi connectivity index (χ1v) is 8.89. The molecule has 0 amide bonds. The summed E-state index contributed by atoms with van der Waals surface area (Å²) < 4.78 is 31.3. The van der Waals surface area contributed by atoms with Gasteiger partial charge in [-0.1, -0.05) is 6.92 Å². The average Bonchev–Trinajstić information content (AvgIpc) is 2.78. The third-order valence-electron chi connectivity index (χ3n) is 3.08. The van der Waals surface area contributed by atoms with E-state index in [-0.39, 0.29) is 22.5 Å². The second-order valence-corrected chi connectivity index (χ2v) is 7.25. The Labute approximate surface area is 123 Å². The second kappa shape index (κ2) is 6.64. The van der Waals surface area contributed by atoms with Crippen molar-refractivity contribution in [1.29, 1.82) is 0 Å². The molecular weight excluding hydrogens is 302 g/mol. The number of hydrogen-bond acceptors (Lipinski definition) is 5. The summed E-state index contributed by atoms with van der Waals surface area (Å²) in [7, 11) is -2.25. The van der Waals surface area contributed by atoms with Gasteiger partial charge in [0.15, 0.2) is 0 Å². The van der Waals surface area contributed by atoms with Crippen molar-refractivity contribution in [3.63, 3.8) is 0 Å². The molecular formula is C12H19NO5S2. The third-order valence-corrected chi connectivity index (χ3v) is 5.82. The Kier molecular flexibility index (Phi) is 5.67. The van der Waals surface area contributed by atoms with Gasteiger partial charge in [-0.15, -0.1) is 0 Å². The number of carbonyl (C=O) groups is 1. The van der Waals surface area contributed by atoms with Gasteiger partial charge in [0, 0.05) is 24.9 Å². The highest BCUT2D eigenvalue weighted by atomic mass is 32.2. The van der Waals surface area contributed by atoms with Crippen molar-refractivity contribution in [1.82, 2.24) is 4.31 Å². The second-order valence-electron chi connectivity index (χ2n) is 4.37. The van der Waals surface area contributed by atoms with Crippen LogP contribution in [0.15, 0.2) is 15.4 Å². The molecule has 0 aliphatic heterocycles. The fourth-order valence-electron chi connectivity index (χ4n) is 1.85. The monoisotopic (exact) mass is 321 g/mol. The smallest absolute Gasteiger partial charge is 0.371 e. The molecule has 0 spiro atoms. The molecule has 0 aromatic carbocycles. The topological polar surface area (TPSA) is 87.8 Å². The summed E-state index contributed by atoms with van der Waals surface area (Å²) in [5, 5.41) is 8.86. The summed E-state index contributed by atoms with van der Waals surface area (Å²) in [6.45, 7) is 3.36. The number of rotatable bonds is 7. The Hall–Kier alpha value is -0.990. The number of thioether (sulfide) groups is 1. The predicted octanol–water partition coefficient (Wildman–Crippen LogP) is 2.05. The Morgan fingerprint density at radius 1 is 1.55 bits per heavy atom. The molecule has 0 saturated heterocycles. The molecule has 1 aromatic rings. The molecule has 0 aliphatic carbocycles. The van der Waals surface area contributed by atoms with E-state index in [1.807, 2.05) is 13.2 Å². The first-order valence-electron chi connectivity index (χ1n) is 6.06. The van der Waals surface area contributed by atoms with Crippen LogP contribution in [0, 0.1) is 6.92 Å². The number of sulfonamides is 1. The van der Waals surface area contributed by atoms with E-state index >= 15 is 0 Å². The minimum absolute atomic E-state index is 0.0862. The quantitative estimate of drug-likeness (QED) is 0.827. The molecule has 8 heteroatoms. The molecule has 0 fully saturated rings. The Morgan fingerprint density at radius 2 is 2.15 bits per heavy atom. The molecule has 0 radical (unpaired) electrons. The van der Waals surface area contributed by atoms with Crippen molar-refractivity contribution < 1.29 is 22.7 Å². The first-order chi connectivity index (χ1) is 9.25. The Balaban J connectivity index is 3.19. The maximum atomic E-state index is 12.5. The maximum absolute atomic E-state index is 12.5. The SMILES string of the molecule is CCC(CSC)N(C)S(=O)(=O)c1cc(C(=O)O)oc1C. The van der Waals surface area contributed by atoms with E-state index in [9.17, 15) is 13.2 Å². The number of carboxylic acids is 1. The molecule has 1 atom stereocenters. The molecule has 0 bridgehead atoms. The fourth-order valence-corrected chi connectivity index (χ4v) is 4.38. The Morgan fingerprint density at radius 3 is 2.55 bits per heavy atom. The van der Waals surface area contributed by atoms with Gasteiger partial charge in [0.1, 0.15) is 10.7 Å². The minimum atomic E-state index is -3.75. The van der Waals surface area contributed by atoms with Crippen LogP contribution in [0.4, 0.5) is 0 Å². The molecule has 20 heavy (non-hydrogen) atoms. The molecule has 1 rings (SSSR count). The lowest BCUT2D eigenvalue weighted by Gasteiger charge is -2.25. The van der Waals surface area contributed by atoms with Gasteiger partial charge >= 0.3 is 5.97 Å². The number of hydrogen-bond donors (Lipinski definition) is 1. The van der Waals surface area contributed by atoms with Gasteiger partial charge in [-0.05, 0) is 19.6 Å². The summed E-state index contributed by atoms with van der Waals surface area (Å²) in [4.78, 5) is 10.8. The predicted molar refractivity (Wildman–Crippen MR) is 77.8 cm³/mol. The van der Waals surface area contributed by atoms with Crippen LogP contribution in [0.2, 0.25) is 0 Å². The van der Waals surface area contributed by atoms with Gasteiger partial charge in [-0.3, -0.25) is 0 Å². The highest BCUT2D eigenvalue weighted by molar-refractivity contribution is 7.98. The van der Waals surface area contributed by atoms with Crippen LogP contribution in [0.25, 0.3) is 0 Å². The molecule has 0 saturated carbocycles. The highest BCUT2D eigenvalue weighted by Crippen LogP contribution is 2.25. The van der Waals surface area contributed by atoms with Crippen LogP contribution in [0.3, 0.4) is 0 Å². The van der Waals surface area contributed by atoms with Crippen molar-refractivity contribution in [3.05, 3.63) is 17.6 Å². The lowest BCUT2D eigenvalue weighted by molar-refractivity contribution is 0.0661. The molecule has 1 N–H and O–H groups in total. The number of furan rings is 1. The minimum Gasteiger partial charge on any atom is -0.475 e. The van der Waals surface area contributed by atoms with E-state index in [1.165, 1.54) is 18.3 Å². The number of aromatic carboxylic acids is 1. The van der Waals surface area contributed by atoms with E-state index in [1.54, 1.807) is 11.8 Å².